The first kappa shape index (κ1) is 19.5. The highest BCUT2D eigenvalue weighted by Gasteiger charge is 2.27. The molecule has 1 aliphatic heterocycles. The first-order valence-corrected chi connectivity index (χ1v) is 11.1. The zero-order valence-electron chi connectivity index (χ0n) is 18.0. The maximum atomic E-state index is 5.12. The van der Waals surface area contributed by atoms with Crippen molar-refractivity contribution in [2.45, 2.75) is 26.2 Å². The third-order valence-electron chi connectivity index (χ3n) is 5.95. The molecular formula is C28H27N3. The van der Waals surface area contributed by atoms with Gasteiger partial charge in [0.05, 0.1) is 28.5 Å². The van der Waals surface area contributed by atoms with Crippen LogP contribution in [0.5, 0.6) is 0 Å². The zero-order chi connectivity index (χ0) is 21.0. The van der Waals surface area contributed by atoms with Crippen molar-refractivity contribution in [3.05, 3.63) is 107 Å². The molecule has 1 heterocycles. The van der Waals surface area contributed by atoms with E-state index in [0.717, 1.165) is 47.0 Å². The van der Waals surface area contributed by atoms with Gasteiger partial charge in [0, 0.05) is 24.2 Å². The SMILES string of the molecule is Cc1ccc(N=C2C=C(N3CCCCC3)C(=Nc3ccccc3)c3ccccc32)cc1. The van der Waals surface area contributed by atoms with Crippen molar-refractivity contribution in [3.8, 4) is 0 Å². The van der Waals surface area contributed by atoms with Gasteiger partial charge in [-0.15, -0.1) is 0 Å². The number of piperidine rings is 1. The molecule has 0 spiro atoms. The first-order chi connectivity index (χ1) is 15.3. The van der Waals surface area contributed by atoms with Gasteiger partial charge in [-0.3, -0.25) is 0 Å². The van der Waals surface area contributed by atoms with Crippen molar-refractivity contribution >= 4 is 22.8 Å². The van der Waals surface area contributed by atoms with Crippen molar-refractivity contribution in [2.24, 2.45) is 9.98 Å². The minimum absolute atomic E-state index is 0.980. The molecule has 3 heteroatoms. The second kappa shape index (κ2) is 8.73. The molecule has 3 aromatic carbocycles. The summed E-state index contributed by atoms with van der Waals surface area (Å²) in [5.74, 6) is 0. The number of hydrogen-bond donors (Lipinski definition) is 0. The Kier molecular flexibility index (Phi) is 5.49. The summed E-state index contributed by atoms with van der Waals surface area (Å²) in [6.45, 7) is 4.24. The van der Waals surface area contributed by atoms with Gasteiger partial charge in [-0.2, -0.15) is 0 Å². The van der Waals surface area contributed by atoms with Crippen LogP contribution in [0.2, 0.25) is 0 Å². The Bertz CT molecular complexity index is 1150. The van der Waals surface area contributed by atoms with Crippen LogP contribution in [0.4, 0.5) is 11.4 Å². The van der Waals surface area contributed by atoms with E-state index < -0.39 is 0 Å². The summed E-state index contributed by atoms with van der Waals surface area (Å²) >= 11 is 0. The van der Waals surface area contributed by atoms with Gasteiger partial charge in [0.15, 0.2) is 0 Å². The molecule has 5 rings (SSSR count). The van der Waals surface area contributed by atoms with E-state index in [-0.39, 0.29) is 0 Å². The van der Waals surface area contributed by atoms with Crippen molar-refractivity contribution in [1.29, 1.82) is 0 Å². The average molecular weight is 406 g/mol. The largest absolute Gasteiger partial charge is 0.370 e. The fourth-order valence-electron chi connectivity index (χ4n) is 4.30. The molecule has 0 amide bonds. The van der Waals surface area contributed by atoms with E-state index in [1.165, 1.54) is 30.5 Å². The standard InChI is InChI=1S/C28H27N3/c1-21-14-16-23(17-15-21)29-26-20-27(31-18-8-3-9-19-31)28(25-13-7-6-12-24(25)26)30-22-10-4-2-5-11-22/h2,4-7,10-17,20H,3,8-9,18-19H2,1H3. The molecule has 31 heavy (non-hydrogen) atoms. The number of allylic oxidation sites excluding steroid dienone is 2. The predicted octanol–water partition coefficient (Wildman–Crippen LogP) is 6.62. The fraction of sp³-hybridized carbons (Fsp3) is 0.214. The molecule has 3 aromatic rings. The van der Waals surface area contributed by atoms with E-state index in [4.69, 9.17) is 9.98 Å². The number of rotatable bonds is 3. The van der Waals surface area contributed by atoms with E-state index in [0.29, 0.717) is 0 Å². The molecule has 0 N–H and O–H groups in total. The van der Waals surface area contributed by atoms with Crippen LogP contribution >= 0.6 is 0 Å². The molecular weight excluding hydrogens is 378 g/mol. The minimum Gasteiger partial charge on any atom is -0.370 e. The van der Waals surface area contributed by atoms with E-state index >= 15 is 0 Å². The van der Waals surface area contributed by atoms with Gasteiger partial charge in [0.1, 0.15) is 0 Å². The quantitative estimate of drug-likeness (QED) is 0.481. The van der Waals surface area contributed by atoms with Gasteiger partial charge in [0.2, 0.25) is 0 Å². The Hall–Kier alpha value is -3.46. The molecule has 0 atom stereocenters. The highest BCUT2D eigenvalue weighted by molar-refractivity contribution is 6.28. The number of benzene rings is 3. The van der Waals surface area contributed by atoms with Crippen molar-refractivity contribution in [3.63, 3.8) is 0 Å². The zero-order valence-corrected chi connectivity index (χ0v) is 18.0. The van der Waals surface area contributed by atoms with Crippen LogP contribution in [0.1, 0.15) is 36.0 Å². The summed E-state index contributed by atoms with van der Waals surface area (Å²) in [5.41, 5.74) is 8.74. The second-order valence-electron chi connectivity index (χ2n) is 8.25. The van der Waals surface area contributed by atoms with Gasteiger partial charge in [-0.05, 0) is 56.5 Å². The molecule has 2 aliphatic rings. The second-order valence-corrected chi connectivity index (χ2v) is 8.25. The fourth-order valence-corrected chi connectivity index (χ4v) is 4.30. The molecule has 0 bridgehead atoms. The smallest absolute Gasteiger partial charge is 0.0950 e. The highest BCUT2D eigenvalue weighted by Crippen LogP contribution is 2.30. The molecule has 0 unspecified atom stereocenters. The van der Waals surface area contributed by atoms with Gasteiger partial charge in [0.25, 0.3) is 0 Å². The Labute approximate surface area is 184 Å². The third-order valence-corrected chi connectivity index (χ3v) is 5.95. The maximum Gasteiger partial charge on any atom is 0.0950 e. The molecule has 154 valence electrons. The van der Waals surface area contributed by atoms with Gasteiger partial charge in [-0.1, -0.05) is 60.2 Å². The number of hydrogen-bond acceptors (Lipinski definition) is 3. The maximum absolute atomic E-state index is 5.12. The summed E-state index contributed by atoms with van der Waals surface area (Å²) in [7, 11) is 0. The lowest BCUT2D eigenvalue weighted by Crippen LogP contribution is -2.35. The minimum atomic E-state index is 0.980. The Morgan fingerprint density at radius 2 is 1.29 bits per heavy atom. The van der Waals surface area contributed by atoms with Crippen LogP contribution in [0.3, 0.4) is 0 Å². The molecule has 0 radical (unpaired) electrons. The number of fused-ring (bicyclic) bond motifs is 1. The summed E-state index contributed by atoms with van der Waals surface area (Å²) in [6, 6.07) is 27.2. The van der Waals surface area contributed by atoms with Crippen molar-refractivity contribution in [1.82, 2.24) is 4.90 Å². The lowest BCUT2D eigenvalue weighted by molar-refractivity contribution is 0.298. The number of likely N-dealkylation sites (tertiary alicyclic amines) is 1. The van der Waals surface area contributed by atoms with E-state index in [1.54, 1.807) is 0 Å². The number of para-hydroxylation sites is 1. The summed E-state index contributed by atoms with van der Waals surface area (Å²) < 4.78 is 0. The Balaban J connectivity index is 1.68. The van der Waals surface area contributed by atoms with Gasteiger partial charge < -0.3 is 4.90 Å². The molecule has 0 aromatic heterocycles. The number of nitrogens with zero attached hydrogens (tertiary/aromatic N) is 3. The molecule has 1 fully saturated rings. The summed E-state index contributed by atoms with van der Waals surface area (Å²) in [4.78, 5) is 12.7. The van der Waals surface area contributed by atoms with E-state index in [9.17, 15) is 0 Å². The van der Waals surface area contributed by atoms with Gasteiger partial charge in [-0.25, -0.2) is 9.98 Å². The number of aryl methyl sites for hydroxylation is 1. The van der Waals surface area contributed by atoms with Crippen LogP contribution in [0, 0.1) is 6.92 Å². The molecule has 3 nitrogen and oxygen atoms in total. The van der Waals surface area contributed by atoms with Crippen LogP contribution in [-0.2, 0) is 0 Å². The lowest BCUT2D eigenvalue weighted by Gasteiger charge is -2.34. The Morgan fingerprint density at radius 3 is 2.03 bits per heavy atom. The molecule has 1 aliphatic carbocycles. The average Bonchev–Trinajstić information content (AvgIpc) is 2.83. The van der Waals surface area contributed by atoms with Crippen LogP contribution < -0.4 is 0 Å². The van der Waals surface area contributed by atoms with Crippen molar-refractivity contribution < 1.29 is 0 Å². The van der Waals surface area contributed by atoms with E-state index in [2.05, 4.69) is 78.6 Å². The normalized spacial score (nSPS) is 18.7. The monoisotopic (exact) mass is 405 g/mol. The van der Waals surface area contributed by atoms with Crippen LogP contribution in [0.15, 0.2) is 101 Å². The molecule has 0 saturated carbocycles. The number of aliphatic imine (C=N–C) groups is 2. The third kappa shape index (κ3) is 4.22. The topological polar surface area (TPSA) is 28.0 Å². The van der Waals surface area contributed by atoms with Crippen molar-refractivity contribution in [2.75, 3.05) is 13.1 Å². The predicted molar refractivity (Wildman–Crippen MR) is 130 cm³/mol. The highest BCUT2D eigenvalue weighted by atomic mass is 15.2. The van der Waals surface area contributed by atoms with Gasteiger partial charge >= 0.3 is 0 Å². The summed E-state index contributed by atoms with van der Waals surface area (Å²) in [6.07, 6.45) is 6.00. The lowest BCUT2D eigenvalue weighted by atomic mass is 9.90. The van der Waals surface area contributed by atoms with E-state index in [1.807, 2.05) is 18.2 Å². The van der Waals surface area contributed by atoms with Crippen LogP contribution in [0.25, 0.3) is 0 Å². The molecule has 1 saturated heterocycles. The van der Waals surface area contributed by atoms with Crippen LogP contribution in [-0.4, -0.2) is 29.4 Å². The first-order valence-electron chi connectivity index (χ1n) is 11.1. The summed E-state index contributed by atoms with van der Waals surface area (Å²) in [5, 5.41) is 0. The Morgan fingerprint density at radius 1 is 0.645 bits per heavy atom.